The van der Waals surface area contributed by atoms with Crippen LogP contribution in [0.2, 0.25) is 5.02 Å². The molecule has 10 nitrogen and oxygen atoms in total. The predicted octanol–water partition coefficient (Wildman–Crippen LogP) is 4.67. The van der Waals surface area contributed by atoms with Crippen LogP contribution >= 0.6 is 11.6 Å². The normalized spacial score (nSPS) is 16.4. The van der Waals surface area contributed by atoms with Crippen molar-refractivity contribution >= 4 is 40.4 Å². The van der Waals surface area contributed by atoms with Crippen molar-refractivity contribution in [2.75, 3.05) is 67.7 Å². The number of hydrogen-bond acceptors (Lipinski definition) is 10. The van der Waals surface area contributed by atoms with Gasteiger partial charge >= 0.3 is 0 Å². The molecular weight excluding hydrogens is 499 g/mol. The molecular formula is C25H28ClFN8O2. The van der Waals surface area contributed by atoms with Crippen LogP contribution < -0.4 is 15.1 Å². The summed E-state index contributed by atoms with van der Waals surface area (Å²) in [6.45, 7) is 7.62. The van der Waals surface area contributed by atoms with Crippen molar-refractivity contribution in [3.63, 3.8) is 0 Å². The summed E-state index contributed by atoms with van der Waals surface area (Å²) in [5.74, 6) is -0.170. The molecule has 194 valence electrons. The number of anilines is 4. The lowest BCUT2D eigenvalue weighted by molar-refractivity contribution is 0.122. The molecule has 1 aromatic carbocycles. The maximum absolute atomic E-state index is 14.2. The topological polar surface area (TPSA) is 100 Å². The number of pyridine rings is 1. The number of nitrogens with zero attached hydrogens (tertiary/aromatic N) is 7. The van der Waals surface area contributed by atoms with Crippen LogP contribution in [0.15, 0.2) is 46.9 Å². The fourth-order valence-corrected chi connectivity index (χ4v) is 4.50. The summed E-state index contributed by atoms with van der Waals surface area (Å²) in [5.41, 5.74) is 4.51. The van der Waals surface area contributed by atoms with Crippen molar-refractivity contribution in [2.24, 2.45) is 10.2 Å². The molecule has 0 saturated carbocycles. The van der Waals surface area contributed by atoms with Crippen molar-refractivity contribution in [1.29, 1.82) is 0 Å². The number of morpholine rings is 2. The Labute approximate surface area is 219 Å². The first-order chi connectivity index (χ1) is 18.1. The second-order valence-electron chi connectivity index (χ2n) is 8.72. The smallest absolute Gasteiger partial charge is 0.270 e. The monoisotopic (exact) mass is 526 g/mol. The second-order valence-corrected chi connectivity index (χ2v) is 9.13. The zero-order chi connectivity index (χ0) is 25.6. The van der Waals surface area contributed by atoms with Crippen LogP contribution in [0.25, 0.3) is 0 Å². The van der Waals surface area contributed by atoms with Gasteiger partial charge in [0.15, 0.2) is 11.6 Å². The lowest BCUT2D eigenvalue weighted by atomic mass is 10.1. The van der Waals surface area contributed by atoms with Gasteiger partial charge < -0.3 is 24.6 Å². The van der Waals surface area contributed by atoms with Crippen LogP contribution in [0.5, 0.6) is 0 Å². The van der Waals surface area contributed by atoms with E-state index in [1.54, 1.807) is 6.20 Å². The van der Waals surface area contributed by atoms with Crippen molar-refractivity contribution < 1.29 is 13.9 Å². The first kappa shape index (κ1) is 25.2. The predicted molar refractivity (Wildman–Crippen MR) is 140 cm³/mol. The highest BCUT2D eigenvalue weighted by atomic mass is 35.5. The van der Waals surface area contributed by atoms with Gasteiger partial charge in [0.2, 0.25) is 0 Å². The molecule has 2 aliphatic heterocycles. The van der Waals surface area contributed by atoms with E-state index < -0.39 is 5.82 Å². The van der Waals surface area contributed by atoms with Crippen LogP contribution in [-0.4, -0.2) is 67.6 Å². The number of benzene rings is 1. The van der Waals surface area contributed by atoms with Crippen LogP contribution in [0.1, 0.15) is 11.3 Å². The molecule has 5 rings (SSSR count). The van der Waals surface area contributed by atoms with Crippen molar-refractivity contribution in [3.05, 3.63) is 58.8 Å². The maximum atomic E-state index is 14.2. The molecule has 12 heteroatoms. The summed E-state index contributed by atoms with van der Waals surface area (Å²) >= 11 is 6.62. The zero-order valence-electron chi connectivity index (χ0n) is 20.5. The van der Waals surface area contributed by atoms with Crippen LogP contribution in [-0.2, 0) is 16.0 Å². The summed E-state index contributed by atoms with van der Waals surface area (Å²) in [5, 5.41) is 12.2. The van der Waals surface area contributed by atoms with Crippen molar-refractivity contribution in [1.82, 2.24) is 15.0 Å². The largest absolute Gasteiger partial charge is 0.378 e. The minimum atomic E-state index is -0.489. The molecule has 0 spiro atoms. The molecule has 2 saturated heterocycles. The van der Waals surface area contributed by atoms with Crippen LogP contribution in [0, 0.1) is 12.7 Å². The lowest BCUT2D eigenvalue weighted by Crippen LogP contribution is -2.37. The van der Waals surface area contributed by atoms with Gasteiger partial charge in [-0.05, 0) is 36.8 Å². The fraction of sp³-hybridized carbons (Fsp3) is 0.400. The number of aryl methyl sites for hydroxylation is 1. The van der Waals surface area contributed by atoms with E-state index in [4.69, 9.17) is 21.1 Å². The van der Waals surface area contributed by atoms with E-state index in [1.807, 2.05) is 30.0 Å². The fourth-order valence-electron chi connectivity index (χ4n) is 4.19. The van der Waals surface area contributed by atoms with Gasteiger partial charge in [0, 0.05) is 31.9 Å². The lowest BCUT2D eigenvalue weighted by Gasteiger charge is -2.29. The van der Waals surface area contributed by atoms with Gasteiger partial charge in [0.05, 0.1) is 60.9 Å². The van der Waals surface area contributed by atoms with Crippen LogP contribution in [0.3, 0.4) is 0 Å². The zero-order valence-corrected chi connectivity index (χ0v) is 21.3. The SMILES string of the molecule is Cc1cc(N2CCOCC2)cc(Cl)c1Nc1ccc(CN=Nc2ncc(F)c(N3CCOCC3)n2)nc1. The van der Waals surface area contributed by atoms with E-state index in [0.717, 1.165) is 60.8 Å². The van der Waals surface area contributed by atoms with E-state index >= 15 is 0 Å². The quantitative estimate of drug-likeness (QED) is 0.443. The second kappa shape index (κ2) is 11.8. The molecule has 0 radical (unpaired) electrons. The Morgan fingerprint density at radius 3 is 2.41 bits per heavy atom. The molecule has 0 atom stereocenters. The molecule has 0 amide bonds. The minimum absolute atomic E-state index is 0.104. The number of aromatic nitrogens is 3. The minimum Gasteiger partial charge on any atom is -0.378 e. The Morgan fingerprint density at radius 1 is 1.00 bits per heavy atom. The van der Waals surface area contributed by atoms with Gasteiger partial charge in [-0.1, -0.05) is 11.6 Å². The Hall–Kier alpha value is -3.41. The average Bonchev–Trinajstić information content (AvgIpc) is 2.93. The van der Waals surface area contributed by atoms with Gasteiger partial charge in [-0.2, -0.15) is 10.1 Å². The van der Waals surface area contributed by atoms with E-state index in [9.17, 15) is 4.39 Å². The molecule has 0 unspecified atom stereocenters. The molecule has 0 bridgehead atoms. The first-order valence-corrected chi connectivity index (χ1v) is 12.5. The average molecular weight is 527 g/mol. The highest BCUT2D eigenvalue weighted by Gasteiger charge is 2.18. The molecule has 2 fully saturated rings. The molecule has 1 N–H and O–H groups in total. The first-order valence-electron chi connectivity index (χ1n) is 12.1. The highest BCUT2D eigenvalue weighted by Crippen LogP contribution is 2.34. The van der Waals surface area contributed by atoms with Gasteiger partial charge in [-0.3, -0.25) is 4.98 Å². The molecule has 2 aromatic heterocycles. The number of halogens is 2. The third kappa shape index (κ3) is 6.30. The van der Waals surface area contributed by atoms with E-state index in [0.29, 0.717) is 31.3 Å². The number of nitrogens with one attached hydrogen (secondary N) is 1. The molecule has 4 heterocycles. The van der Waals surface area contributed by atoms with E-state index in [2.05, 4.69) is 41.5 Å². The van der Waals surface area contributed by atoms with Crippen molar-refractivity contribution in [3.8, 4) is 0 Å². The summed E-state index contributed by atoms with van der Waals surface area (Å²) < 4.78 is 24.9. The molecule has 2 aliphatic rings. The van der Waals surface area contributed by atoms with Gasteiger partial charge in [-0.15, -0.1) is 5.11 Å². The third-order valence-electron chi connectivity index (χ3n) is 6.16. The summed E-state index contributed by atoms with van der Waals surface area (Å²) in [6.07, 6.45) is 2.84. The van der Waals surface area contributed by atoms with Crippen molar-refractivity contribution in [2.45, 2.75) is 13.5 Å². The Bertz CT molecular complexity index is 1220. The Balaban J connectivity index is 1.20. The molecule has 0 aliphatic carbocycles. The van der Waals surface area contributed by atoms with Gasteiger partial charge in [0.1, 0.15) is 6.54 Å². The molecule has 37 heavy (non-hydrogen) atoms. The number of hydrogen-bond donors (Lipinski definition) is 1. The summed E-state index contributed by atoms with van der Waals surface area (Å²) in [7, 11) is 0. The number of rotatable bonds is 7. The summed E-state index contributed by atoms with van der Waals surface area (Å²) in [6, 6.07) is 7.88. The standard InChI is InChI=1S/C25H28ClFN8O2/c1-17-12-20(34-4-8-36-9-5-34)13-21(26)23(17)31-19-3-2-18(28-14-19)15-30-33-25-29-16-22(27)24(32-25)35-6-10-37-11-7-35/h2-3,12-14,16,31H,4-11,15H2,1H3. The Kier molecular flexibility index (Phi) is 8.02. The maximum Gasteiger partial charge on any atom is 0.270 e. The van der Waals surface area contributed by atoms with E-state index in [1.165, 1.54) is 0 Å². The number of azo groups is 1. The van der Waals surface area contributed by atoms with Crippen LogP contribution in [0.4, 0.5) is 33.2 Å². The summed E-state index contributed by atoms with van der Waals surface area (Å²) in [4.78, 5) is 16.7. The third-order valence-corrected chi connectivity index (χ3v) is 6.46. The Morgan fingerprint density at radius 2 is 1.73 bits per heavy atom. The van der Waals surface area contributed by atoms with Gasteiger partial charge in [0.25, 0.3) is 5.95 Å². The van der Waals surface area contributed by atoms with E-state index in [-0.39, 0.29) is 18.3 Å². The highest BCUT2D eigenvalue weighted by molar-refractivity contribution is 6.33. The van der Waals surface area contributed by atoms with Gasteiger partial charge in [-0.25, -0.2) is 9.37 Å². The molecule has 3 aromatic rings. The number of ether oxygens (including phenoxy) is 2.